The van der Waals surface area contributed by atoms with Crippen molar-refractivity contribution in [1.29, 1.82) is 0 Å². The van der Waals surface area contributed by atoms with Crippen molar-refractivity contribution in [2.75, 3.05) is 6.54 Å². The maximum absolute atomic E-state index is 5.81. The average molecular weight is 237 g/mol. The Balaban J connectivity index is 1.75. The van der Waals surface area contributed by atoms with Gasteiger partial charge in [0.25, 0.3) is 0 Å². The molecule has 1 heterocycles. The Morgan fingerprint density at radius 1 is 1.62 bits per heavy atom. The SMILES string of the molecule is Cc1ccsc1CN=C(N)NCC1CCC1. The molecular weight excluding hydrogens is 218 g/mol. The van der Waals surface area contributed by atoms with E-state index < -0.39 is 0 Å². The Morgan fingerprint density at radius 2 is 2.44 bits per heavy atom. The molecule has 3 N–H and O–H groups in total. The van der Waals surface area contributed by atoms with Crippen molar-refractivity contribution in [3.8, 4) is 0 Å². The largest absolute Gasteiger partial charge is 0.370 e. The van der Waals surface area contributed by atoms with Gasteiger partial charge < -0.3 is 11.1 Å². The fourth-order valence-corrected chi connectivity index (χ4v) is 2.55. The van der Waals surface area contributed by atoms with Crippen LogP contribution in [0.25, 0.3) is 0 Å². The Kier molecular flexibility index (Phi) is 3.83. The molecule has 88 valence electrons. The molecule has 0 unspecified atom stereocenters. The second-order valence-electron chi connectivity index (χ2n) is 4.41. The van der Waals surface area contributed by atoms with Gasteiger partial charge in [-0.15, -0.1) is 11.3 Å². The molecule has 1 aliphatic carbocycles. The third kappa shape index (κ3) is 2.98. The molecule has 0 atom stereocenters. The molecule has 1 fully saturated rings. The third-order valence-corrected chi connectivity index (χ3v) is 4.17. The maximum Gasteiger partial charge on any atom is 0.188 e. The highest BCUT2D eigenvalue weighted by atomic mass is 32.1. The summed E-state index contributed by atoms with van der Waals surface area (Å²) < 4.78 is 0. The monoisotopic (exact) mass is 237 g/mol. The number of nitrogens with one attached hydrogen (secondary N) is 1. The standard InChI is InChI=1S/C12H19N3S/c1-9-5-6-16-11(9)8-15-12(13)14-7-10-3-2-4-10/h5-6,10H,2-4,7-8H2,1H3,(H3,13,14,15). The van der Waals surface area contributed by atoms with Gasteiger partial charge in [-0.2, -0.15) is 0 Å². The molecule has 1 saturated carbocycles. The molecule has 0 saturated heterocycles. The minimum absolute atomic E-state index is 0.583. The molecule has 0 amide bonds. The minimum Gasteiger partial charge on any atom is -0.370 e. The van der Waals surface area contributed by atoms with Gasteiger partial charge in [-0.25, -0.2) is 4.99 Å². The van der Waals surface area contributed by atoms with Gasteiger partial charge in [0.2, 0.25) is 0 Å². The van der Waals surface area contributed by atoms with E-state index in [2.05, 4.69) is 28.7 Å². The third-order valence-electron chi connectivity index (χ3n) is 3.16. The Bertz CT molecular complexity index is 366. The van der Waals surface area contributed by atoms with Crippen molar-refractivity contribution >= 4 is 17.3 Å². The Morgan fingerprint density at radius 3 is 3.00 bits per heavy atom. The molecule has 0 aliphatic heterocycles. The van der Waals surface area contributed by atoms with Crippen molar-refractivity contribution in [1.82, 2.24) is 5.32 Å². The number of thiophene rings is 1. The second-order valence-corrected chi connectivity index (χ2v) is 5.41. The zero-order valence-electron chi connectivity index (χ0n) is 9.70. The molecule has 2 rings (SSSR count). The lowest BCUT2D eigenvalue weighted by Gasteiger charge is -2.25. The number of nitrogens with two attached hydrogens (primary N) is 1. The number of aliphatic imine (C=N–C) groups is 1. The molecule has 4 heteroatoms. The number of rotatable bonds is 4. The van der Waals surface area contributed by atoms with E-state index in [4.69, 9.17) is 5.73 Å². The lowest BCUT2D eigenvalue weighted by Crippen LogP contribution is -2.37. The van der Waals surface area contributed by atoms with Crippen LogP contribution in [0.1, 0.15) is 29.7 Å². The molecule has 0 bridgehead atoms. The van der Waals surface area contributed by atoms with Crippen LogP contribution in [0.5, 0.6) is 0 Å². The van der Waals surface area contributed by atoms with Crippen LogP contribution in [0.4, 0.5) is 0 Å². The lowest BCUT2D eigenvalue weighted by atomic mass is 9.85. The predicted molar refractivity (Wildman–Crippen MR) is 69.7 cm³/mol. The second kappa shape index (κ2) is 5.34. The minimum atomic E-state index is 0.583. The summed E-state index contributed by atoms with van der Waals surface area (Å²) in [5, 5.41) is 5.29. The summed E-state index contributed by atoms with van der Waals surface area (Å²) in [4.78, 5) is 5.65. The highest BCUT2D eigenvalue weighted by Crippen LogP contribution is 2.25. The van der Waals surface area contributed by atoms with E-state index in [1.54, 1.807) is 11.3 Å². The number of aryl methyl sites for hydroxylation is 1. The van der Waals surface area contributed by atoms with Crippen molar-refractivity contribution in [3.05, 3.63) is 21.9 Å². The summed E-state index contributed by atoms with van der Waals surface area (Å²) >= 11 is 1.74. The summed E-state index contributed by atoms with van der Waals surface area (Å²) in [5.41, 5.74) is 7.12. The maximum atomic E-state index is 5.81. The first-order valence-electron chi connectivity index (χ1n) is 5.82. The summed E-state index contributed by atoms with van der Waals surface area (Å²) in [7, 11) is 0. The van der Waals surface area contributed by atoms with Crippen LogP contribution in [0.3, 0.4) is 0 Å². The molecule has 0 radical (unpaired) electrons. The molecule has 1 aliphatic rings. The van der Waals surface area contributed by atoms with E-state index >= 15 is 0 Å². The fourth-order valence-electron chi connectivity index (χ4n) is 1.72. The van der Waals surface area contributed by atoms with Crippen LogP contribution < -0.4 is 11.1 Å². The van der Waals surface area contributed by atoms with Crippen LogP contribution in [-0.2, 0) is 6.54 Å². The zero-order chi connectivity index (χ0) is 11.4. The van der Waals surface area contributed by atoms with Crippen LogP contribution in [0.2, 0.25) is 0 Å². The first-order chi connectivity index (χ1) is 7.75. The van der Waals surface area contributed by atoms with E-state index in [9.17, 15) is 0 Å². The van der Waals surface area contributed by atoms with Gasteiger partial charge in [0.1, 0.15) is 0 Å². The van der Waals surface area contributed by atoms with Gasteiger partial charge in [0.15, 0.2) is 5.96 Å². The van der Waals surface area contributed by atoms with E-state index in [0.29, 0.717) is 12.5 Å². The van der Waals surface area contributed by atoms with Crippen LogP contribution >= 0.6 is 11.3 Å². The van der Waals surface area contributed by atoms with Gasteiger partial charge in [-0.05, 0) is 42.7 Å². The molecular formula is C12H19N3S. The first kappa shape index (κ1) is 11.5. The molecule has 3 nitrogen and oxygen atoms in total. The fraction of sp³-hybridized carbons (Fsp3) is 0.583. The lowest BCUT2D eigenvalue weighted by molar-refractivity contribution is 0.315. The number of guanidine groups is 1. The van der Waals surface area contributed by atoms with Crippen molar-refractivity contribution in [3.63, 3.8) is 0 Å². The highest BCUT2D eigenvalue weighted by molar-refractivity contribution is 7.10. The van der Waals surface area contributed by atoms with Crippen LogP contribution in [0, 0.1) is 12.8 Å². The van der Waals surface area contributed by atoms with Crippen LogP contribution in [-0.4, -0.2) is 12.5 Å². The molecule has 16 heavy (non-hydrogen) atoms. The van der Waals surface area contributed by atoms with Crippen molar-refractivity contribution in [2.45, 2.75) is 32.7 Å². The van der Waals surface area contributed by atoms with Gasteiger partial charge >= 0.3 is 0 Å². The molecule has 0 aromatic carbocycles. The molecule has 1 aromatic heterocycles. The summed E-state index contributed by atoms with van der Waals surface area (Å²) in [6, 6.07) is 2.12. The normalized spacial score (nSPS) is 17.2. The first-order valence-corrected chi connectivity index (χ1v) is 6.70. The zero-order valence-corrected chi connectivity index (χ0v) is 10.5. The van der Waals surface area contributed by atoms with Gasteiger partial charge in [0, 0.05) is 11.4 Å². The summed E-state index contributed by atoms with van der Waals surface area (Å²) in [5.74, 6) is 1.40. The quantitative estimate of drug-likeness (QED) is 0.623. The molecule has 0 spiro atoms. The average Bonchev–Trinajstić information content (AvgIpc) is 2.59. The van der Waals surface area contributed by atoms with Gasteiger partial charge in [0.05, 0.1) is 6.54 Å². The summed E-state index contributed by atoms with van der Waals surface area (Å²) in [6.45, 7) is 3.80. The van der Waals surface area contributed by atoms with Crippen molar-refractivity contribution < 1.29 is 0 Å². The topological polar surface area (TPSA) is 50.4 Å². The van der Waals surface area contributed by atoms with Gasteiger partial charge in [-0.3, -0.25) is 0 Å². The van der Waals surface area contributed by atoms with Crippen LogP contribution in [0.15, 0.2) is 16.4 Å². The Labute approximate surface area is 101 Å². The predicted octanol–water partition coefficient (Wildman–Crippen LogP) is 2.26. The number of hydrogen-bond acceptors (Lipinski definition) is 2. The summed E-state index contributed by atoms with van der Waals surface area (Å²) in [6.07, 6.45) is 4.05. The van der Waals surface area contributed by atoms with E-state index in [1.165, 1.54) is 29.7 Å². The van der Waals surface area contributed by atoms with Gasteiger partial charge in [-0.1, -0.05) is 6.42 Å². The number of nitrogens with zero attached hydrogens (tertiary/aromatic N) is 1. The molecule has 1 aromatic rings. The van der Waals surface area contributed by atoms with E-state index in [0.717, 1.165) is 12.5 Å². The van der Waals surface area contributed by atoms with E-state index in [1.807, 2.05) is 0 Å². The highest BCUT2D eigenvalue weighted by Gasteiger charge is 2.16. The van der Waals surface area contributed by atoms with Crippen molar-refractivity contribution in [2.24, 2.45) is 16.6 Å². The van der Waals surface area contributed by atoms with E-state index in [-0.39, 0.29) is 0 Å². The smallest absolute Gasteiger partial charge is 0.188 e. The Hall–Kier alpha value is -1.03. The number of hydrogen-bond donors (Lipinski definition) is 2.